The highest BCUT2D eigenvalue weighted by Crippen LogP contribution is 2.28. The molecular weight excluding hydrogens is 349 g/mol. The predicted molar refractivity (Wildman–Crippen MR) is 86.4 cm³/mol. The molecule has 2 unspecified atom stereocenters. The lowest BCUT2D eigenvalue weighted by atomic mass is 9.92. The number of pyridine rings is 1. The number of halogens is 3. The van der Waals surface area contributed by atoms with Gasteiger partial charge < -0.3 is 10.6 Å². The van der Waals surface area contributed by atoms with Gasteiger partial charge >= 0.3 is 6.18 Å². The Morgan fingerprint density at radius 1 is 1.38 bits per heavy atom. The van der Waals surface area contributed by atoms with Crippen LogP contribution < -0.4 is 5.73 Å². The van der Waals surface area contributed by atoms with Gasteiger partial charge in [-0.3, -0.25) is 4.79 Å². The fourth-order valence-electron chi connectivity index (χ4n) is 3.05. The molecule has 10 heteroatoms. The smallest absolute Gasteiger partial charge is 0.333 e. The Hall–Kier alpha value is -2.49. The van der Waals surface area contributed by atoms with Gasteiger partial charge in [0, 0.05) is 25.3 Å². The number of nitrogens with zero attached hydrogens (tertiary/aromatic N) is 5. The first-order valence-corrected chi connectivity index (χ1v) is 8.26. The Morgan fingerprint density at radius 2 is 2.15 bits per heavy atom. The number of nitrogens with two attached hydrogens (primary N) is 1. The topological polar surface area (TPSA) is 89.9 Å². The van der Waals surface area contributed by atoms with Gasteiger partial charge in [-0.2, -0.15) is 13.2 Å². The van der Waals surface area contributed by atoms with Crippen molar-refractivity contribution in [3.8, 4) is 5.82 Å². The number of piperidine rings is 1. The second kappa shape index (κ2) is 7.02. The maximum absolute atomic E-state index is 12.7. The van der Waals surface area contributed by atoms with E-state index in [9.17, 15) is 18.0 Å². The van der Waals surface area contributed by atoms with Crippen LogP contribution in [-0.4, -0.2) is 49.9 Å². The van der Waals surface area contributed by atoms with Crippen molar-refractivity contribution in [3.05, 3.63) is 35.8 Å². The van der Waals surface area contributed by atoms with Gasteiger partial charge in [0.25, 0.3) is 5.91 Å². The zero-order chi connectivity index (χ0) is 18.9. The quantitative estimate of drug-likeness (QED) is 0.893. The predicted octanol–water partition coefficient (Wildman–Crippen LogP) is 1.88. The summed E-state index contributed by atoms with van der Waals surface area (Å²) in [5.41, 5.74) is 5.04. The Kier molecular flexibility index (Phi) is 4.94. The summed E-state index contributed by atoms with van der Waals surface area (Å²) >= 11 is 0. The molecule has 140 valence electrons. The number of carbonyl (C=O) groups excluding carboxylic acids is 1. The van der Waals surface area contributed by atoms with Gasteiger partial charge in [0.05, 0.1) is 11.8 Å². The third-order valence-corrected chi connectivity index (χ3v) is 4.53. The summed E-state index contributed by atoms with van der Waals surface area (Å²) in [5.74, 6) is 0.359. The van der Waals surface area contributed by atoms with Crippen LogP contribution in [-0.2, 0) is 6.18 Å². The minimum atomic E-state index is -4.46. The lowest BCUT2D eigenvalue weighted by molar-refractivity contribution is -0.137. The molecule has 26 heavy (non-hydrogen) atoms. The number of hydrogen-bond acceptors (Lipinski definition) is 5. The molecule has 0 radical (unpaired) electrons. The van der Waals surface area contributed by atoms with Gasteiger partial charge in [0.15, 0.2) is 11.5 Å². The molecule has 0 aromatic carbocycles. The van der Waals surface area contributed by atoms with E-state index in [4.69, 9.17) is 5.73 Å². The molecule has 7 nitrogen and oxygen atoms in total. The number of hydrogen-bond donors (Lipinski definition) is 1. The SMILES string of the molecule is CC1CCN(C(=O)c2cn(-c3ccc(C(F)(F)F)cn3)nn2)C(CN)C1. The summed E-state index contributed by atoms with van der Waals surface area (Å²) in [4.78, 5) is 18.1. The molecule has 2 aromatic heterocycles. The van der Waals surface area contributed by atoms with E-state index >= 15 is 0 Å². The maximum atomic E-state index is 12.7. The second-order valence-corrected chi connectivity index (χ2v) is 6.47. The van der Waals surface area contributed by atoms with E-state index in [-0.39, 0.29) is 23.5 Å². The highest BCUT2D eigenvalue weighted by atomic mass is 19.4. The lowest BCUT2D eigenvalue weighted by Crippen LogP contribution is -2.49. The van der Waals surface area contributed by atoms with Crippen LogP contribution >= 0.6 is 0 Å². The van der Waals surface area contributed by atoms with Gasteiger partial charge in [0.1, 0.15) is 0 Å². The Bertz CT molecular complexity index is 773. The summed E-state index contributed by atoms with van der Waals surface area (Å²) in [6, 6.07) is 2.03. The largest absolute Gasteiger partial charge is 0.417 e. The van der Waals surface area contributed by atoms with Crippen molar-refractivity contribution in [2.24, 2.45) is 11.7 Å². The van der Waals surface area contributed by atoms with Gasteiger partial charge in [-0.05, 0) is 30.9 Å². The van der Waals surface area contributed by atoms with Crippen LogP contribution in [0.25, 0.3) is 5.82 Å². The third-order valence-electron chi connectivity index (χ3n) is 4.53. The number of aromatic nitrogens is 4. The maximum Gasteiger partial charge on any atom is 0.417 e. The number of rotatable bonds is 3. The van der Waals surface area contributed by atoms with Gasteiger partial charge in [-0.1, -0.05) is 12.1 Å². The monoisotopic (exact) mass is 368 g/mol. The lowest BCUT2D eigenvalue weighted by Gasteiger charge is -2.37. The second-order valence-electron chi connectivity index (χ2n) is 6.47. The molecule has 3 rings (SSSR count). The van der Waals surface area contributed by atoms with Crippen molar-refractivity contribution in [3.63, 3.8) is 0 Å². The first kappa shape index (κ1) is 18.3. The summed E-state index contributed by atoms with van der Waals surface area (Å²) in [7, 11) is 0. The number of likely N-dealkylation sites (tertiary alicyclic amines) is 1. The molecule has 1 fully saturated rings. The zero-order valence-electron chi connectivity index (χ0n) is 14.1. The van der Waals surface area contributed by atoms with Crippen molar-refractivity contribution < 1.29 is 18.0 Å². The summed E-state index contributed by atoms with van der Waals surface area (Å²) in [6.07, 6.45) is -0.663. The van der Waals surface area contributed by atoms with E-state index in [0.717, 1.165) is 25.1 Å². The van der Waals surface area contributed by atoms with Crippen LogP contribution in [0.15, 0.2) is 24.5 Å². The van der Waals surface area contributed by atoms with Gasteiger partial charge in [0.2, 0.25) is 0 Å². The van der Waals surface area contributed by atoms with Crippen LogP contribution in [0.2, 0.25) is 0 Å². The summed E-state index contributed by atoms with van der Waals surface area (Å²) in [6.45, 7) is 3.08. The molecule has 0 saturated carbocycles. The Balaban J connectivity index is 1.78. The molecule has 0 spiro atoms. The molecule has 1 aliphatic heterocycles. The van der Waals surface area contributed by atoms with Crippen molar-refractivity contribution in [1.29, 1.82) is 0 Å². The minimum absolute atomic E-state index is 0.0550. The van der Waals surface area contributed by atoms with E-state index < -0.39 is 11.7 Å². The standard InChI is InChI=1S/C16H19F3N6O/c1-10-4-5-24(12(6-10)7-20)15(26)13-9-25(23-22-13)14-3-2-11(8-21-14)16(17,18)19/h2-3,8-10,12H,4-7,20H2,1H3. The highest BCUT2D eigenvalue weighted by molar-refractivity contribution is 5.92. The van der Waals surface area contributed by atoms with Crippen LogP contribution in [0.4, 0.5) is 13.2 Å². The number of carbonyl (C=O) groups is 1. The normalized spacial score (nSPS) is 21.0. The van der Waals surface area contributed by atoms with E-state index in [2.05, 4.69) is 22.2 Å². The molecule has 2 aromatic rings. The first-order chi connectivity index (χ1) is 12.3. The average molecular weight is 368 g/mol. The first-order valence-electron chi connectivity index (χ1n) is 8.26. The molecule has 3 heterocycles. The molecule has 2 atom stereocenters. The number of amides is 1. The van der Waals surface area contributed by atoms with E-state index in [1.54, 1.807) is 4.90 Å². The fraction of sp³-hybridized carbons (Fsp3) is 0.500. The molecule has 2 N–H and O–H groups in total. The molecule has 0 aliphatic carbocycles. The van der Waals surface area contributed by atoms with E-state index in [0.29, 0.717) is 19.0 Å². The molecule has 1 amide bonds. The van der Waals surface area contributed by atoms with Gasteiger partial charge in [-0.25, -0.2) is 9.67 Å². The number of alkyl halides is 3. The van der Waals surface area contributed by atoms with Crippen LogP contribution in [0, 0.1) is 5.92 Å². The van der Waals surface area contributed by atoms with Crippen molar-refractivity contribution in [2.75, 3.05) is 13.1 Å². The third kappa shape index (κ3) is 3.69. The minimum Gasteiger partial charge on any atom is -0.333 e. The van der Waals surface area contributed by atoms with Crippen LogP contribution in [0.5, 0.6) is 0 Å². The summed E-state index contributed by atoms with van der Waals surface area (Å²) < 4.78 is 39.0. The van der Waals surface area contributed by atoms with Crippen LogP contribution in [0.3, 0.4) is 0 Å². The van der Waals surface area contributed by atoms with Crippen molar-refractivity contribution in [2.45, 2.75) is 32.0 Å². The van der Waals surface area contributed by atoms with Crippen LogP contribution in [0.1, 0.15) is 35.8 Å². The van der Waals surface area contributed by atoms with Crippen molar-refractivity contribution in [1.82, 2.24) is 24.9 Å². The molecule has 1 aliphatic rings. The summed E-state index contributed by atoms with van der Waals surface area (Å²) in [5, 5.41) is 7.65. The highest BCUT2D eigenvalue weighted by Gasteiger charge is 2.32. The van der Waals surface area contributed by atoms with E-state index in [1.807, 2.05) is 0 Å². The van der Waals surface area contributed by atoms with Crippen molar-refractivity contribution >= 4 is 5.91 Å². The fourth-order valence-corrected chi connectivity index (χ4v) is 3.05. The average Bonchev–Trinajstić information content (AvgIpc) is 3.10. The zero-order valence-corrected chi connectivity index (χ0v) is 14.1. The Morgan fingerprint density at radius 3 is 2.77 bits per heavy atom. The Labute approximate surface area is 148 Å². The van der Waals surface area contributed by atoms with Gasteiger partial charge in [-0.15, -0.1) is 5.10 Å². The molecule has 0 bridgehead atoms. The molecular formula is C16H19F3N6O. The molecule has 1 saturated heterocycles. The van der Waals surface area contributed by atoms with E-state index in [1.165, 1.54) is 16.9 Å².